The maximum Gasteiger partial charge on any atom is 0.253 e. The van der Waals surface area contributed by atoms with Crippen LogP contribution >= 0.6 is 23.2 Å². The first kappa shape index (κ1) is 20.6. The van der Waals surface area contributed by atoms with Crippen LogP contribution in [-0.2, 0) is 18.4 Å². The topological polar surface area (TPSA) is 56.2 Å². The molecule has 1 aromatic carbocycles. The number of carbonyl (C=O) groups excluding carboxylic acids is 1. The molecule has 0 fully saturated rings. The first-order valence-electron chi connectivity index (χ1n) is 8.61. The van der Waals surface area contributed by atoms with E-state index in [0.717, 1.165) is 0 Å². The summed E-state index contributed by atoms with van der Waals surface area (Å²) in [6.07, 6.45) is 3.26. The molecule has 0 aliphatic heterocycles. The second kappa shape index (κ2) is 8.07. The van der Waals surface area contributed by atoms with Crippen LogP contribution in [0.3, 0.4) is 0 Å². The Bertz CT molecular complexity index is 1030. The molecule has 5 nitrogen and oxygen atoms in total. The SMILES string of the molecule is Cn1cc(Cl)c2cc(C(=O)NC(C)(C)COCc3cc(F)ccc3Cl)cnc21. The number of fused-ring (bicyclic) bond motifs is 1. The van der Waals surface area contributed by atoms with Gasteiger partial charge < -0.3 is 14.6 Å². The monoisotopic (exact) mass is 423 g/mol. The second-order valence-corrected chi connectivity index (χ2v) is 8.06. The molecule has 2 heterocycles. The van der Waals surface area contributed by atoms with Crippen LogP contribution in [0, 0.1) is 5.82 Å². The minimum atomic E-state index is -0.660. The van der Waals surface area contributed by atoms with E-state index in [9.17, 15) is 9.18 Å². The average Bonchev–Trinajstić information content (AvgIpc) is 2.91. The van der Waals surface area contributed by atoms with E-state index in [4.69, 9.17) is 27.9 Å². The highest BCUT2D eigenvalue weighted by molar-refractivity contribution is 6.35. The minimum Gasteiger partial charge on any atom is -0.374 e. The van der Waals surface area contributed by atoms with Crippen molar-refractivity contribution in [3.8, 4) is 0 Å². The van der Waals surface area contributed by atoms with Crippen LogP contribution in [0.4, 0.5) is 4.39 Å². The van der Waals surface area contributed by atoms with Crippen molar-refractivity contribution in [2.45, 2.75) is 26.0 Å². The van der Waals surface area contributed by atoms with Crippen molar-refractivity contribution < 1.29 is 13.9 Å². The number of amides is 1. The molecular weight excluding hydrogens is 404 g/mol. The van der Waals surface area contributed by atoms with E-state index in [2.05, 4.69) is 10.3 Å². The smallest absolute Gasteiger partial charge is 0.253 e. The summed E-state index contributed by atoms with van der Waals surface area (Å²) in [5.74, 6) is -0.662. The Morgan fingerprint density at radius 2 is 2.04 bits per heavy atom. The Morgan fingerprint density at radius 3 is 2.79 bits per heavy atom. The summed E-state index contributed by atoms with van der Waals surface area (Å²) in [4.78, 5) is 16.9. The summed E-state index contributed by atoms with van der Waals surface area (Å²) in [5.41, 5.74) is 1.00. The van der Waals surface area contributed by atoms with Gasteiger partial charge in [-0.3, -0.25) is 4.79 Å². The second-order valence-electron chi connectivity index (χ2n) is 7.25. The van der Waals surface area contributed by atoms with Crippen LogP contribution < -0.4 is 5.32 Å². The Labute approximate surface area is 172 Å². The number of hydrogen-bond acceptors (Lipinski definition) is 3. The number of carbonyl (C=O) groups is 1. The van der Waals surface area contributed by atoms with E-state index in [1.165, 1.54) is 24.4 Å². The maximum absolute atomic E-state index is 13.3. The molecule has 0 saturated carbocycles. The largest absolute Gasteiger partial charge is 0.374 e. The van der Waals surface area contributed by atoms with Gasteiger partial charge in [0.2, 0.25) is 0 Å². The Hall–Kier alpha value is -2.15. The molecule has 0 atom stereocenters. The van der Waals surface area contributed by atoms with Gasteiger partial charge in [-0.2, -0.15) is 0 Å². The Kier molecular flexibility index (Phi) is 5.93. The highest BCUT2D eigenvalue weighted by atomic mass is 35.5. The molecule has 1 amide bonds. The molecule has 0 saturated heterocycles. The van der Waals surface area contributed by atoms with Crippen molar-refractivity contribution in [1.29, 1.82) is 0 Å². The van der Waals surface area contributed by atoms with Gasteiger partial charge in [-0.1, -0.05) is 23.2 Å². The van der Waals surface area contributed by atoms with E-state index in [0.29, 0.717) is 32.2 Å². The molecule has 1 N–H and O–H groups in total. The summed E-state index contributed by atoms with van der Waals surface area (Å²) in [6, 6.07) is 5.82. The lowest BCUT2D eigenvalue weighted by atomic mass is 10.1. The van der Waals surface area contributed by atoms with Gasteiger partial charge in [0, 0.05) is 29.9 Å². The fourth-order valence-electron chi connectivity index (χ4n) is 2.82. The van der Waals surface area contributed by atoms with E-state index in [1.54, 1.807) is 16.8 Å². The molecular formula is C20H20Cl2FN3O2. The number of rotatable bonds is 6. The number of halogens is 3. The molecule has 0 bridgehead atoms. The zero-order valence-electron chi connectivity index (χ0n) is 15.7. The minimum absolute atomic E-state index is 0.142. The lowest BCUT2D eigenvalue weighted by Gasteiger charge is -2.26. The van der Waals surface area contributed by atoms with Crippen molar-refractivity contribution in [1.82, 2.24) is 14.9 Å². The van der Waals surface area contributed by atoms with E-state index < -0.39 is 5.54 Å². The molecule has 28 heavy (non-hydrogen) atoms. The summed E-state index contributed by atoms with van der Waals surface area (Å²) in [6.45, 7) is 4.02. The number of aromatic nitrogens is 2. The maximum atomic E-state index is 13.3. The quantitative estimate of drug-likeness (QED) is 0.622. The standard InChI is InChI=1S/C20H20Cl2FN3O2/c1-20(2,11-28-10-13-6-14(23)4-5-16(13)21)25-19(27)12-7-15-17(22)9-26(3)18(15)24-8-12/h4-9H,10-11H2,1-3H3,(H,25,27). The van der Waals surface area contributed by atoms with Crippen molar-refractivity contribution in [3.05, 3.63) is 63.6 Å². The highest BCUT2D eigenvalue weighted by Gasteiger charge is 2.22. The van der Waals surface area contributed by atoms with Crippen LogP contribution in [0.15, 0.2) is 36.7 Å². The zero-order chi connectivity index (χ0) is 20.5. The summed E-state index contributed by atoms with van der Waals surface area (Å²) in [7, 11) is 1.84. The van der Waals surface area contributed by atoms with Gasteiger partial charge >= 0.3 is 0 Å². The number of ether oxygens (including phenoxy) is 1. The molecule has 0 unspecified atom stereocenters. The molecule has 0 spiro atoms. The fourth-order valence-corrected chi connectivity index (χ4v) is 3.28. The predicted molar refractivity (Wildman–Crippen MR) is 108 cm³/mol. The third-order valence-corrected chi connectivity index (χ3v) is 4.88. The van der Waals surface area contributed by atoms with Crippen LogP contribution in [0.1, 0.15) is 29.8 Å². The number of hydrogen-bond donors (Lipinski definition) is 1. The van der Waals surface area contributed by atoms with E-state index in [1.807, 2.05) is 20.9 Å². The number of nitrogens with zero attached hydrogens (tertiary/aromatic N) is 2. The molecule has 0 aliphatic carbocycles. The number of benzene rings is 1. The molecule has 148 valence electrons. The van der Waals surface area contributed by atoms with E-state index in [-0.39, 0.29) is 24.9 Å². The van der Waals surface area contributed by atoms with Crippen molar-refractivity contribution in [2.75, 3.05) is 6.61 Å². The summed E-state index contributed by atoms with van der Waals surface area (Å²) >= 11 is 12.2. The van der Waals surface area contributed by atoms with Gasteiger partial charge in [0.25, 0.3) is 5.91 Å². The molecule has 3 rings (SSSR count). The number of nitrogens with one attached hydrogen (secondary N) is 1. The number of pyridine rings is 1. The number of aryl methyl sites for hydroxylation is 1. The first-order chi connectivity index (χ1) is 13.2. The lowest BCUT2D eigenvalue weighted by molar-refractivity contribution is 0.0616. The average molecular weight is 424 g/mol. The fraction of sp³-hybridized carbons (Fsp3) is 0.300. The van der Waals surface area contributed by atoms with Gasteiger partial charge in [0.15, 0.2) is 0 Å². The third-order valence-electron chi connectivity index (χ3n) is 4.21. The first-order valence-corrected chi connectivity index (χ1v) is 9.37. The predicted octanol–water partition coefficient (Wildman–Crippen LogP) is 4.74. The van der Waals surface area contributed by atoms with Gasteiger partial charge in [-0.25, -0.2) is 9.37 Å². The Morgan fingerprint density at radius 1 is 1.29 bits per heavy atom. The van der Waals surface area contributed by atoms with Crippen molar-refractivity contribution >= 4 is 40.1 Å². The third kappa shape index (κ3) is 4.63. The lowest BCUT2D eigenvalue weighted by Crippen LogP contribution is -2.47. The normalized spacial score (nSPS) is 11.8. The molecule has 0 radical (unpaired) electrons. The highest BCUT2D eigenvalue weighted by Crippen LogP contribution is 2.24. The van der Waals surface area contributed by atoms with Crippen LogP contribution in [0.2, 0.25) is 10.0 Å². The molecule has 0 aliphatic rings. The van der Waals surface area contributed by atoms with Gasteiger partial charge in [0.05, 0.1) is 29.3 Å². The van der Waals surface area contributed by atoms with E-state index >= 15 is 0 Å². The Balaban J connectivity index is 1.63. The van der Waals surface area contributed by atoms with Gasteiger partial charge in [0.1, 0.15) is 11.5 Å². The summed E-state index contributed by atoms with van der Waals surface area (Å²) in [5, 5.41) is 4.60. The molecule has 3 aromatic rings. The van der Waals surface area contributed by atoms with Gasteiger partial charge in [-0.15, -0.1) is 0 Å². The zero-order valence-corrected chi connectivity index (χ0v) is 17.2. The van der Waals surface area contributed by atoms with Crippen LogP contribution in [0.5, 0.6) is 0 Å². The molecule has 8 heteroatoms. The van der Waals surface area contributed by atoms with Crippen molar-refractivity contribution in [2.24, 2.45) is 7.05 Å². The van der Waals surface area contributed by atoms with Crippen LogP contribution in [0.25, 0.3) is 11.0 Å². The van der Waals surface area contributed by atoms with Crippen LogP contribution in [-0.4, -0.2) is 27.6 Å². The summed E-state index contributed by atoms with van der Waals surface area (Å²) < 4.78 is 20.8. The van der Waals surface area contributed by atoms with Gasteiger partial charge in [-0.05, 0) is 43.7 Å². The molecule has 2 aromatic heterocycles. The van der Waals surface area contributed by atoms with Crippen molar-refractivity contribution in [3.63, 3.8) is 0 Å².